The Bertz CT molecular complexity index is 2170. The third kappa shape index (κ3) is 6.05. The molecule has 0 saturated heterocycles. The molecule has 6 rings (SSSR count). The Balaban J connectivity index is 1.37. The zero-order valence-corrected chi connectivity index (χ0v) is 25.2. The molecule has 0 radical (unpaired) electrons. The predicted octanol–water partition coefficient (Wildman–Crippen LogP) is 5.40. The van der Waals surface area contributed by atoms with Gasteiger partial charge in [0.1, 0.15) is 5.82 Å². The SMILES string of the molecule is CC(C)(C)C(=O)Nc1cncc(-c2cnc3n[nH]c(-c4cc5c(-c6cc(F)cc(CNS(C)(=O)=O)c6)nccc5[nH]4)c3c2)c1. The Morgan fingerprint density at radius 2 is 1.75 bits per heavy atom. The predicted molar refractivity (Wildman–Crippen MR) is 167 cm³/mol. The number of amides is 1. The van der Waals surface area contributed by atoms with Crippen LogP contribution < -0.4 is 10.0 Å². The number of halogens is 1. The molecule has 0 fully saturated rings. The normalized spacial score (nSPS) is 12.2. The first-order valence-electron chi connectivity index (χ1n) is 13.7. The standard InChI is InChI=1S/C31H29FN8O3S/c1-31(2,3)30(41)37-22-10-19(14-33-16-22)20-11-24-28(39-40-29(24)35-15-20)26-12-23-25(38-26)5-6-34-27(23)18-7-17(8-21(32)9-18)13-36-44(4,42)43/h5-12,14-16,36,38H,13H2,1-4H3,(H,37,41)(H,35,39,40). The fourth-order valence-electron chi connectivity index (χ4n) is 4.77. The molecule has 11 nitrogen and oxygen atoms in total. The lowest BCUT2D eigenvalue weighted by Gasteiger charge is -2.17. The van der Waals surface area contributed by atoms with Gasteiger partial charge in [-0.15, -0.1) is 0 Å². The zero-order valence-electron chi connectivity index (χ0n) is 24.4. The van der Waals surface area contributed by atoms with E-state index in [9.17, 15) is 17.6 Å². The van der Waals surface area contributed by atoms with Crippen LogP contribution in [0.2, 0.25) is 0 Å². The highest BCUT2D eigenvalue weighted by Crippen LogP contribution is 2.34. The summed E-state index contributed by atoms with van der Waals surface area (Å²) in [6.07, 6.45) is 7.68. The summed E-state index contributed by atoms with van der Waals surface area (Å²) in [6.45, 7) is 5.48. The van der Waals surface area contributed by atoms with Crippen LogP contribution in [0.1, 0.15) is 26.3 Å². The number of aromatic nitrogens is 6. The van der Waals surface area contributed by atoms with Gasteiger partial charge in [-0.1, -0.05) is 20.8 Å². The molecule has 13 heteroatoms. The van der Waals surface area contributed by atoms with Crippen LogP contribution in [0.25, 0.3) is 55.7 Å². The van der Waals surface area contributed by atoms with E-state index in [2.05, 4.69) is 40.2 Å². The minimum Gasteiger partial charge on any atom is -0.353 e. The molecule has 4 N–H and O–H groups in total. The largest absolute Gasteiger partial charge is 0.353 e. The van der Waals surface area contributed by atoms with Crippen molar-refractivity contribution in [3.05, 3.63) is 78.6 Å². The lowest BCUT2D eigenvalue weighted by atomic mass is 9.95. The van der Waals surface area contributed by atoms with Gasteiger partial charge in [-0.2, -0.15) is 5.10 Å². The van der Waals surface area contributed by atoms with E-state index < -0.39 is 21.3 Å². The number of sulfonamides is 1. The van der Waals surface area contributed by atoms with E-state index in [1.165, 1.54) is 12.1 Å². The highest BCUT2D eigenvalue weighted by Gasteiger charge is 2.22. The highest BCUT2D eigenvalue weighted by molar-refractivity contribution is 7.88. The topological polar surface area (TPSA) is 158 Å². The number of carbonyl (C=O) groups is 1. The van der Waals surface area contributed by atoms with E-state index in [0.29, 0.717) is 33.8 Å². The van der Waals surface area contributed by atoms with Gasteiger partial charge in [0.2, 0.25) is 15.9 Å². The lowest BCUT2D eigenvalue weighted by molar-refractivity contribution is -0.123. The quantitative estimate of drug-likeness (QED) is 0.188. The average molecular weight is 613 g/mol. The minimum absolute atomic E-state index is 0.0468. The third-order valence-electron chi connectivity index (χ3n) is 7.01. The number of fused-ring (bicyclic) bond motifs is 2. The van der Waals surface area contributed by atoms with Gasteiger partial charge in [-0.25, -0.2) is 22.5 Å². The molecule has 0 saturated carbocycles. The van der Waals surface area contributed by atoms with Crippen LogP contribution in [-0.4, -0.2) is 50.7 Å². The monoisotopic (exact) mass is 612 g/mol. The van der Waals surface area contributed by atoms with Crippen molar-refractivity contribution in [2.75, 3.05) is 11.6 Å². The van der Waals surface area contributed by atoms with Crippen molar-refractivity contribution in [2.24, 2.45) is 5.41 Å². The molecular weight excluding hydrogens is 583 g/mol. The van der Waals surface area contributed by atoms with Gasteiger partial charge in [0.05, 0.1) is 35.2 Å². The van der Waals surface area contributed by atoms with Crippen LogP contribution >= 0.6 is 0 Å². The van der Waals surface area contributed by atoms with E-state index in [1.807, 2.05) is 45.0 Å². The summed E-state index contributed by atoms with van der Waals surface area (Å²) in [5.41, 5.74) is 5.79. The Morgan fingerprint density at radius 3 is 2.52 bits per heavy atom. The maximum Gasteiger partial charge on any atom is 0.229 e. The lowest BCUT2D eigenvalue weighted by Crippen LogP contribution is -2.27. The van der Waals surface area contributed by atoms with Crippen LogP contribution in [0.5, 0.6) is 0 Å². The van der Waals surface area contributed by atoms with Gasteiger partial charge in [0, 0.05) is 63.5 Å². The summed E-state index contributed by atoms with van der Waals surface area (Å²) in [6, 6.07) is 11.9. The van der Waals surface area contributed by atoms with Crippen molar-refractivity contribution in [3.63, 3.8) is 0 Å². The van der Waals surface area contributed by atoms with Crippen LogP contribution in [0.4, 0.5) is 10.1 Å². The number of aromatic amines is 2. The number of hydrogen-bond acceptors (Lipinski definition) is 7. The Kier molecular flexibility index (Phi) is 7.22. The number of benzene rings is 1. The maximum absolute atomic E-state index is 14.6. The summed E-state index contributed by atoms with van der Waals surface area (Å²) in [7, 11) is -3.45. The van der Waals surface area contributed by atoms with Gasteiger partial charge in [-0.05, 0) is 48.0 Å². The molecule has 6 aromatic rings. The molecule has 5 aromatic heterocycles. The molecule has 44 heavy (non-hydrogen) atoms. The third-order valence-corrected chi connectivity index (χ3v) is 7.68. The second-order valence-electron chi connectivity index (χ2n) is 11.6. The molecule has 0 unspecified atom stereocenters. The molecule has 224 valence electrons. The Labute approximate surface area is 252 Å². The van der Waals surface area contributed by atoms with Crippen molar-refractivity contribution in [1.82, 2.24) is 34.9 Å². The van der Waals surface area contributed by atoms with E-state index in [-0.39, 0.29) is 12.5 Å². The van der Waals surface area contributed by atoms with Crippen molar-refractivity contribution in [2.45, 2.75) is 27.3 Å². The van der Waals surface area contributed by atoms with Gasteiger partial charge in [0.15, 0.2) is 5.65 Å². The van der Waals surface area contributed by atoms with Gasteiger partial charge >= 0.3 is 0 Å². The number of pyridine rings is 3. The van der Waals surface area contributed by atoms with Crippen LogP contribution in [0.3, 0.4) is 0 Å². The van der Waals surface area contributed by atoms with Crippen molar-refractivity contribution in [3.8, 4) is 33.8 Å². The molecule has 0 spiro atoms. The second kappa shape index (κ2) is 10.9. The first-order valence-corrected chi connectivity index (χ1v) is 15.6. The Hall–Kier alpha value is -5.01. The smallest absolute Gasteiger partial charge is 0.229 e. The molecule has 0 atom stereocenters. The molecule has 1 amide bonds. The fourth-order valence-corrected chi connectivity index (χ4v) is 5.20. The van der Waals surface area contributed by atoms with Crippen molar-refractivity contribution in [1.29, 1.82) is 0 Å². The number of nitrogens with zero attached hydrogens (tertiary/aromatic N) is 4. The van der Waals surface area contributed by atoms with Gasteiger partial charge in [0.25, 0.3) is 0 Å². The number of nitrogens with one attached hydrogen (secondary N) is 4. The fraction of sp³-hybridized carbons (Fsp3) is 0.194. The molecule has 5 heterocycles. The first-order chi connectivity index (χ1) is 20.8. The maximum atomic E-state index is 14.6. The molecule has 0 aliphatic heterocycles. The van der Waals surface area contributed by atoms with Crippen molar-refractivity contribution >= 4 is 43.6 Å². The van der Waals surface area contributed by atoms with Crippen LogP contribution in [0.15, 0.2) is 67.3 Å². The van der Waals surface area contributed by atoms with E-state index in [1.54, 1.807) is 30.9 Å². The summed E-state index contributed by atoms with van der Waals surface area (Å²) in [5.74, 6) is -0.619. The first kappa shape index (κ1) is 29.1. The van der Waals surface area contributed by atoms with E-state index in [4.69, 9.17) is 0 Å². The zero-order chi connectivity index (χ0) is 31.2. The number of rotatable bonds is 7. The van der Waals surface area contributed by atoms with Gasteiger partial charge in [-0.3, -0.25) is 19.9 Å². The summed E-state index contributed by atoms with van der Waals surface area (Å²) in [5, 5.41) is 11.9. The second-order valence-corrected chi connectivity index (χ2v) is 13.4. The minimum atomic E-state index is -3.45. The average Bonchev–Trinajstić information content (AvgIpc) is 3.59. The molecule has 0 aliphatic carbocycles. The van der Waals surface area contributed by atoms with Crippen LogP contribution in [-0.2, 0) is 21.4 Å². The molecule has 1 aromatic carbocycles. The number of carbonyl (C=O) groups excluding carboxylic acids is 1. The summed E-state index contributed by atoms with van der Waals surface area (Å²) in [4.78, 5) is 29.3. The highest BCUT2D eigenvalue weighted by atomic mass is 32.2. The molecule has 0 bridgehead atoms. The van der Waals surface area contributed by atoms with E-state index >= 15 is 0 Å². The van der Waals surface area contributed by atoms with Crippen LogP contribution in [0, 0.1) is 11.2 Å². The summed E-state index contributed by atoms with van der Waals surface area (Å²) >= 11 is 0. The Morgan fingerprint density at radius 1 is 0.955 bits per heavy atom. The number of hydrogen-bond donors (Lipinski definition) is 4. The van der Waals surface area contributed by atoms with Crippen molar-refractivity contribution < 1.29 is 17.6 Å². The number of H-pyrrole nitrogens is 2. The number of anilines is 1. The van der Waals surface area contributed by atoms with Gasteiger partial charge < -0.3 is 10.3 Å². The molecular formula is C31H29FN8O3S. The van der Waals surface area contributed by atoms with E-state index in [0.717, 1.165) is 39.4 Å². The summed E-state index contributed by atoms with van der Waals surface area (Å²) < 4.78 is 40.1. The molecule has 0 aliphatic rings.